The van der Waals surface area contributed by atoms with Gasteiger partial charge in [-0.15, -0.1) is 0 Å². The number of rotatable bonds is 1. The number of hydrogen-bond acceptors (Lipinski definition) is 2. The minimum atomic E-state index is 0.545. The molecule has 0 bridgehead atoms. The van der Waals surface area contributed by atoms with E-state index in [1.165, 1.54) is 12.8 Å². The van der Waals surface area contributed by atoms with E-state index < -0.39 is 0 Å². The van der Waals surface area contributed by atoms with Crippen molar-refractivity contribution in [3.05, 3.63) is 0 Å². The van der Waals surface area contributed by atoms with Crippen molar-refractivity contribution < 1.29 is 0 Å². The molecule has 68 valence electrons. The maximum atomic E-state index is 4.12. The molecule has 1 aliphatic heterocycles. The first-order valence-electron chi connectivity index (χ1n) is 4.40. The van der Waals surface area contributed by atoms with E-state index in [1.54, 1.807) is 7.05 Å². The average molecular weight is 167 g/mol. The molecule has 0 aromatic carbocycles. The lowest BCUT2D eigenvalue weighted by Gasteiger charge is -2.28. The van der Waals surface area contributed by atoms with Crippen LogP contribution < -0.4 is 0 Å². The van der Waals surface area contributed by atoms with E-state index >= 15 is 0 Å². The van der Waals surface area contributed by atoms with Crippen LogP contribution in [0.3, 0.4) is 0 Å². The topological polar surface area (TPSA) is 28.0 Å². The fourth-order valence-corrected chi connectivity index (χ4v) is 1.65. The number of amidine groups is 1. The molecule has 1 heterocycles. The van der Waals surface area contributed by atoms with Crippen LogP contribution in [0.4, 0.5) is 0 Å². The number of nitrogens with zero attached hydrogens (tertiary/aromatic N) is 3. The standard InChI is InChI=1S/C9H17N3/c1-10-9(11-2)8-4-6-12(3)7-5-8/h8H,1,4-7H2,2-3H3. The van der Waals surface area contributed by atoms with Crippen LogP contribution in [0.15, 0.2) is 9.98 Å². The second-order valence-electron chi connectivity index (χ2n) is 3.32. The van der Waals surface area contributed by atoms with Crippen LogP contribution in [0.5, 0.6) is 0 Å². The lowest BCUT2D eigenvalue weighted by atomic mass is 9.96. The molecule has 0 spiro atoms. The summed E-state index contributed by atoms with van der Waals surface area (Å²) < 4.78 is 0. The van der Waals surface area contributed by atoms with Gasteiger partial charge in [-0.05, 0) is 39.7 Å². The Morgan fingerprint density at radius 2 is 2.00 bits per heavy atom. The van der Waals surface area contributed by atoms with Gasteiger partial charge in [0.15, 0.2) is 0 Å². The zero-order valence-corrected chi connectivity index (χ0v) is 7.95. The molecule has 0 aliphatic carbocycles. The molecule has 3 heteroatoms. The van der Waals surface area contributed by atoms with Gasteiger partial charge >= 0.3 is 0 Å². The summed E-state index contributed by atoms with van der Waals surface area (Å²) in [5.74, 6) is 1.48. The minimum Gasteiger partial charge on any atom is -0.306 e. The molecule has 0 amide bonds. The number of aliphatic imine (C=N–C) groups is 2. The zero-order valence-electron chi connectivity index (χ0n) is 7.95. The number of likely N-dealkylation sites (tertiary alicyclic amines) is 1. The highest BCUT2D eigenvalue weighted by atomic mass is 15.1. The van der Waals surface area contributed by atoms with Gasteiger partial charge in [0.1, 0.15) is 5.84 Å². The third kappa shape index (κ3) is 2.14. The molecule has 1 fully saturated rings. The highest BCUT2D eigenvalue weighted by molar-refractivity contribution is 5.88. The molecule has 1 rings (SSSR count). The van der Waals surface area contributed by atoms with Gasteiger partial charge in [-0.1, -0.05) is 0 Å². The van der Waals surface area contributed by atoms with Crippen molar-refractivity contribution >= 4 is 12.6 Å². The lowest BCUT2D eigenvalue weighted by Crippen LogP contribution is -2.33. The Labute approximate surface area is 74.2 Å². The normalized spacial score (nSPS) is 22.7. The number of piperidine rings is 1. The SMILES string of the molecule is C=NC(=NC)C1CCN(C)CC1. The molecule has 1 aliphatic rings. The van der Waals surface area contributed by atoms with Crippen LogP contribution in [0.25, 0.3) is 0 Å². The molecule has 3 nitrogen and oxygen atoms in total. The van der Waals surface area contributed by atoms with Crippen molar-refractivity contribution in [2.45, 2.75) is 12.8 Å². The first kappa shape index (κ1) is 9.39. The molecular formula is C9H17N3. The summed E-state index contributed by atoms with van der Waals surface area (Å²) in [5.41, 5.74) is 0. The Bertz CT molecular complexity index is 178. The van der Waals surface area contributed by atoms with Crippen LogP contribution in [0, 0.1) is 5.92 Å². The van der Waals surface area contributed by atoms with Gasteiger partial charge < -0.3 is 4.90 Å². The van der Waals surface area contributed by atoms with Crippen molar-refractivity contribution in [2.24, 2.45) is 15.9 Å². The van der Waals surface area contributed by atoms with Gasteiger partial charge in [0.05, 0.1) is 0 Å². The largest absolute Gasteiger partial charge is 0.306 e. The summed E-state index contributed by atoms with van der Waals surface area (Å²) >= 11 is 0. The van der Waals surface area contributed by atoms with Crippen LogP contribution in [0.2, 0.25) is 0 Å². The van der Waals surface area contributed by atoms with E-state index in [-0.39, 0.29) is 0 Å². The van der Waals surface area contributed by atoms with Crippen LogP contribution in [0.1, 0.15) is 12.8 Å². The van der Waals surface area contributed by atoms with Crippen LogP contribution >= 0.6 is 0 Å². The molecule has 1 saturated heterocycles. The van der Waals surface area contributed by atoms with Crippen molar-refractivity contribution in [1.82, 2.24) is 4.90 Å². The first-order valence-corrected chi connectivity index (χ1v) is 4.40. The maximum absolute atomic E-state index is 4.12. The Balaban J connectivity index is 2.48. The molecule has 0 radical (unpaired) electrons. The molecular weight excluding hydrogens is 150 g/mol. The van der Waals surface area contributed by atoms with E-state index in [9.17, 15) is 0 Å². The summed E-state index contributed by atoms with van der Waals surface area (Å²) in [4.78, 5) is 10.4. The highest BCUT2D eigenvalue weighted by Gasteiger charge is 2.20. The molecule has 0 aromatic heterocycles. The van der Waals surface area contributed by atoms with Gasteiger partial charge in [-0.25, -0.2) is 4.99 Å². The van der Waals surface area contributed by atoms with Gasteiger partial charge in [0.2, 0.25) is 0 Å². The van der Waals surface area contributed by atoms with E-state index in [2.05, 4.69) is 28.6 Å². The Kier molecular flexibility index (Phi) is 3.41. The average Bonchev–Trinajstić information content (AvgIpc) is 2.10. The third-order valence-electron chi connectivity index (χ3n) is 2.47. The first-order chi connectivity index (χ1) is 5.77. The van der Waals surface area contributed by atoms with E-state index in [4.69, 9.17) is 0 Å². The Morgan fingerprint density at radius 1 is 1.42 bits per heavy atom. The van der Waals surface area contributed by atoms with Crippen molar-refractivity contribution in [2.75, 3.05) is 27.2 Å². The predicted molar refractivity (Wildman–Crippen MR) is 53.1 cm³/mol. The second kappa shape index (κ2) is 4.36. The van der Waals surface area contributed by atoms with Crippen molar-refractivity contribution in [1.29, 1.82) is 0 Å². The van der Waals surface area contributed by atoms with Gasteiger partial charge in [-0.3, -0.25) is 4.99 Å². The zero-order chi connectivity index (χ0) is 8.97. The molecule has 0 atom stereocenters. The summed E-state index contributed by atoms with van der Waals surface area (Å²) in [6.45, 7) is 5.84. The summed E-state index contributed by atoms with van der Waals surface area (Å²) in [5, 5.41) is 0. The molecule has 0 unspecified atom stereocenters. The van der Waals surface area contributed by atoms with Crippen LogP contribution in [-0.2, 0) is 0 Å². The predicted octanol–water partition coefficient (Wildman–Crippen LogP) is 1.06. The van der Waals surface area contributed by atoms with Crippen molar-refractivity contribution in [3.8, 4) is 0 Å². The summed E-state index contributed by atoms with van der Waals surface area (Å²) in [6.07, 6.45) is 2.34. The summed E-state index contributed by atoms with van der Waals surface area (Å²) in [6, 6.07) is 0. The fourth-order valence-electron chi connectivity index (χ4n) is 1.65. The molecule has 12 heavy (non-hydrogen) atoms. The maximum Gasteiger partial charge on any atom is 0.125 e. The smallest absolute Gasteiger partial charge is 0.125 e. The van der Waals surface area contributed by atoms with E-state index in [1.807, 2.05) is 0 Å². The lowest BCUT2D eigenvalue weighted by molar-refractivity contribution is 0.251. The number of hydrogen-bond donors (Lipinski definition) is 0. The fraction of sp³-hybridized carbons (Fsp3) is 0.778. The Morgan fingerprint density at radius 3 is 2.42 bits per heavy atom. The monoisotopic (exact) mass is 167 g/mol. The minimum absolute atomic E-state index is 0.545. The van der Waals surface area contributed by atoms with Gasteiger partial charge in [0.25, 0.3) is 0 Å². The quantitative estimate of drug-likeness (QED) is 0.424. The summed E-state index contributed by atoms with van der Waals surface area (Å²) in [7, 11) is 3.95. The molecule has 0 N–H and O–H groups in total. The van der Waals surface area contributed by atoms with E-state index in [0.29, 0.717) is 5.92 Å². The van der Waals surface area contributed by atoms with Crippen LogP contribution in [-0.4, -0.2) is 44.6 Å². The highest BCUT2D eigenvalue weighted by Crippen LogP contribution is 2.17. The van der Waals surface area contributed by atoms with Gasteiger partial charge in [0, 0.05) is 13.0 Å². The van der Waals surface area contributed by atoms with Crippen molar-refractivity contribution in [3.63, 3.8) is 0 Å². The third-order valence-corrected chi connectivity index (χ3v) is 2.47. The second-order valence-corrected chi connectivity index (χ2v) is 3.32. The molecule has 0 aromatic rings. The van der Waals surface area contributed by atoms with E-state index in [0.717, 1.165) is 18.9 Å². The molecule has 0 saturated carbocycles. The van der Waals surface area contributed by atoms with Gasteiger partial charge in [-0.2, -0.15) is 0 Å². The Hall–Kier alpha value is -0.700.